The highest BCUT2D eigenvalue weighted by molar-refractivity contribution is 5.87. The lowest BCUT2D eigenvalue weighted by Gasteiger charge is -1.91. The summed E-state index contributed by atoms with van der Waals surface area (Å²) in [6.45, 7) is 0. The first-order valence-electron chi connectivity index (χ1n) is 9.40. The number of fused-ring (bicyclic) bond motifs is 8. The van der Waals surface area contributed by atoms with Gasteiger partial charge in [-0.1, -0.05) is 0 Å². The van der Waals surface area contributed by atoms with E-state index in [0.717, 1.165) is 56.0 Å². The number of nitrogens with one attached hydrogen (secondary N) is 2. The van der Waals surface area contributed by atoms with Crippen molar-refractivity contribution in [3.63, 3.8) is 0 Å². The van der Waals surface area contributed by atoms with Crippen molar-refractivity contribution in [2.75, 3.05) is 0 Å². The van der Waals surface area contributed by atoms with E-state index in [1.165, 1.54) is 0 Å². The maximum Gasteiger partial charge on any atom is 0.0981 e. The monoisotopic (exact) mass is 376 g/mol. The summed E-state index contributed by atoms with van der Waals surface area (Å²) < 4.78 is 5.30. The van der Waals surface area contributed by atoms with E-state index in [-0.39, 0.29) is 0 Å². The lowest BCUT2D eigenvalue weighted by Crippen LogP contribution is -1.76. The Hall–Kier alpha value is -4.12. The van der Waals surface area contributed by atoms with Crippen LogP contribution < -0.4 is 0 Å². The molecule has 6 heterocycles. The second kappa shape index (κ2) is 6.21. The second-order valence-electron chi connectivity index (χ2n) is 7.10. The summed E-state index contributed by atoms with van der Waals surface area (Å²) in [5, 5.41) is 0. The summed E-state index contributed by atoms with van der Waals surface area (Å²) in [6, 6.07) is 16.3. The van der Waals surface area contributed by atoms with Gasteiger partial charge in [0.2, 0.25) is 0 Å². The zero-order valence-electron chi connectivity index (χ0n) is 15.4. The third-order valence-corrected chi connectivity index (χ3v) is 5.00. The highest BCUT2D eigenvalue weighted by Gasteiger charge is 2.07. The van der Waals surface area contributed by atoms with Crippen LogP contribution in [0.2, 0.25) is 0 Å². The van der Waals surface area contributed by atoms with Crippen molar-refractivity contribution in [1.82, 2.24) is 19.9 Å². The van der Waals surface area contributed by atoms with Crippen molar-refractivity contribution in [2.24, 2.45) is 0 Å². The number of furan rings is 1. The van der Waals surface area contributed by atoms with Gasteiger partial charge in [0.25, 0.3) is 0 Å². The molecule has 0 spiro atoms. The fraction of sp³-hybridized carbons (Fsp3) is 0. The number of rotatable bonds is 1. The van der Waals surface area contributed by atoms with Crippen LogP contribution in [0.3, 0.4) is 0 Å². The Morgan fingerprint density at radius 1 is 0.621 bits per heavy atom. The van der Waals surface area contributed by atoms with Crippen LogP contribution in [0.25, 0.3) is 57.5 Å². The Balaban J connectivity index is 1.69. The van der Waals surface area contributed by atoms with Crippen LogP contribution in [0.15, 0.2) is 65.5 Å². The maximum atomic E-state index is 5.30. The summed E-state index contributed by atoms with van der Waals surface area (Å²) in [6.07, 6.45) is 11.5. The zero-order valence-corrected chi connectivity index (χ0v) is 15.4. The first kappa shape index (κ1) is 15.9. The first-order chi connectivity index (χ1) is 14.3. The Kier molecular flexibility index (Phi) is 3.40. The number of nitrogens with zero attached hydrogens (tertiary/aromatic N) is 2. The van der Waals surface area contributed by atoms with Gasteiger partial charge in [0.15, 0.2) is 0 Å². The Morgan fingerprint density at radius 2 is 1.24 bits per heavy atom. The summed E-state index contributed by atoms with van der Waals surface area (Å²) in [7, 11) is 0. The molecule has 6 rings (SSSR count). The number of H-pyrrole nitrogens is 2. The number of hydrogen-bond donors (Lipinski definition) is 2. The van der Waals surface area contributed by atoms with E-state index >= 15 is 0 Å². The molecule has 2 aliphatic rings. The largest absolute Gasteiger partial charge is 0.472 e. The summed E-state index contributed by atoms with van der Waals surface area (Å²) in [5.41, 5.74) is 9.69. The topological polar surface area (TPSA) is 70.5 Å². The van der Waals surface area contributed by atoms with E-state index in [1.54, 1.807) is 12.5 Å². The fourth-order valence-electron chi connectivity index (χ4n) is 3.67. The molecule has 0 saturated carbocycles. The molecule has 4 aromatic heterocycles. The van der Waals surface area contributed by atoms with Crippen LogP contribution >= 0.6 is 0 Å². The van der Waals surface area contributed by atoms with E-state index in [1.807, 2.05) is 60.7 Å². The van der Waals surface area contributed by atoms with Gasteiger partial charge in [-0.05, 0) is 72.8 Å². The Morgan fingerprint density at radius 3 is 1.86 bits per heavy atom. The molecular weight excluding hydrogens is 360 g/mol. The third-order valence-electron chi connectivity index (χ3n) is 5.00. The molecule has 138 valence electrons. The van der Waals surface area contributed by atoms with Crippen LogP contribution in [-0.4, -0.2) is 19.9 Å². The van der Waals surface area contributed by atoms with Gasteiger partial charge >= 0.3 is 0 Å². The molecule has 0 atom stereocenters. The summed E-state index contributed by atoms with van der Waals surface area (Å²) >= 11 is 0. The van der Waals surface area contributed by atoms with Crippen molar-refractivity contribution in [1.29, 1.82) is 0 Å². The van der Waals surface area contributed by atoms with Gasteiger partial charge in [-0.3, -0.25) is 0 Å². The number of aromatic nitrogens is 4. The minimum absolute atomic E-state index is 0.897. The molecule has 5 heteroatoms. The van der Waals surface area contributed by atoms with E-state index in [9.17, 15) is 0 Å². The van der Waals surface area contributed by atoms with Gasteiger partial charge in [0.05, 0.1) is 35.3 Å². The quantitative estimate of drug-likeness (QED) is 0.374. The highest BCUT2D eigenvalue weighted by Crippen LogP contribution is 2.28. The molecule has 4 aromatic rings. The SMILES string of the molecule is C1=Cc2cc3cc(-c4ccoc4)c(cc4nc(cc5ccc(cc1n2)[nH]5)C=C4)[nH]3. The lowest BCUT2D eigenvalue weighted by molar-refractivity contribution is 0.568. The number of aromatic amines is 2. The average Bonchev–Trinajstić information content (AvgIpc) is 3.50. The molecule has 2 aliphatic heterocycles. The van der Waals surface area contributed by atoms with Crippen molar-refractivity contribution in [2.45, 2.75) is 0 Å². The minimum Gasteiger partial charge on any atom is -0.472 e. The predicted molar refractivity (Wildman–Crippen MR) is 117 cm³/mol. The smallest absolute Gasteiger partial charge is 0.0981 e. The molecular formula is C24H16N4O. The molecule has 0 saturated heterocycles. The minimum atomic E-state index is 0.897. The van der Waals surface area contributed by atoms with Gasteiger partial charge in [-0.15, -0.1) is 0 Å². The second-order valence-corrected chi connectivity index (χ2v) is 7.10. The van der Waals surface area contributed by atoms with E-state index in [0.29, 0.717) is 0 Å². The van der Waals surface area contributed by atoms with Crippen LogP contribution in [0, 0.1) is 0 Å². The van der Waals surface area contributed by atoms with Crippen molar-refractivity contribution in [3.05, 3.63) is 83.8 Å². The molecule has 5 nitrogen and oxygen atoms in total. The number of hydrogen-bond acceptors (Lipinski definition) is 3. The standard InChI is InChI=1S/C24H16N4O/c1-2-17-10-19-5-6-21(27-19)13-24-23(15-7-8-29-14-15)12-22(28-24)11-20-4-3-18(26-20)9-16(1)25-17/h1-14,25,28H. The van der Waals surface area contributed by atoms with Gasteiger partial charge in [0.1, 0.15) is 0 Å². The third kappa shape index (κ3) is 2.99. The predicted octanol–water partition coefficient (Wildman–Crippen LogP) is 5.92. The van der Waals surface area contributed by atoms with Crippen molar-refractivity contribution >= 4 is 46.4 Å². The molecule has 29 heavy (non-hydrogen) atoms. The van der Waals surface area contributed by atoms with Gasteiger partial charge in [-0.25, -0.2) is 9.97 Å². The van der Waals surface area contributed by atoms with Gasteiger partial charge < -0.3 is 14.4 Å². The lowest BCUT2D eigenvalue weighted by atomic mass is 10.1. The molecule has 2 N–H and O–H groups in total. The Labute approximate surface area is 166 Å². The normalized spacial score (nSPS) is 12.6. The Bertz CT molecular complexity index is 1450. The molecule has 0 aliphatic carbocycles. The molecule has 0 amide bonds. The molecule has 0 unspecified atom stereocenters. The fourth-order valence-corrected chi connectivity index (χ4v) is 3.67. The summed E-state index contributed by atoms with van der Waals surface area (Å²) in [5.74, 6) is 0. The highest BCUT2D eigenvalue weighted by atomic mass is 16.3. The van der Waals surface area contributed by atoms with Crippen LogP contribution in [0.5, 0.6) is 0 Å². The average molecular weight is 376 g/mol. The van der Waals surface area contributed by atoms with E-state index < -0.39 is 0 Å². The van der Waals surface area contributed by atoms with E-state index in [2.05, 4.69) is 22.1 Å². The first-order valence-corrected chi connectivity index (χ1v) is 9.40. The molecule has 0 fully saturated rings. The molecule has 0 aromatic carbocycles. The van der Waals surface area contributed by atoms with Crippen LogP contribution in [0.1, 0.15) is 22.8 Å². The molecule has 0 radical (unpaired) electrons. The van der Waals surface area contributed by atoms with E-state index in [4.69, 9.17) is 14.4 Å². The van der Waals surface area contributed by atoms with Crippen molar-refractivity contribution in [3.8, 4) is 11.1 Å². The summed E-state index contributed by atoms with van der Waals surface area (Å²) in [4.78, 5) is 16.3. The molecule has 8 bridgehead atoms. The van der Waals surface area contributed by atoms with Gasteiger partial charge in [-0.2, -0.15) is 0 Å². The van der Waals surface area contributed by atoms with Crippen molar-refractivity contribution < 1.29 is 4.42 Å². The zero-order chi connectivity index (χ0) is 19.2. The van der Waals surface area contributed by atoms with Gasteiger partial charge in [0, 0.05) is 33.2 Å². The van der Waals surface area contributed by atoms with Crippen LogP contribution in [0.4, 0.5) is 0 Å². The van der Waals surface area contributed by atoms with Crippen LogP contribution in [-0.2, 0) is 0 Å². The maximum absolute atomic E-state index is 5.30.